The fourth-order valence-electron chi connectivity index (χ4n) is 5.24. The van der Waals surface area contributed by atoms with Gasteiger partial charge in [0.1, 0.15) is 18.3 Å². The molecule has 1 atom stereocenters. The number of carbonyl (C=O) groups is 2. The Morgan fingerprint density at radius 2 is 1.64 bits per heavy atom. The zero-order chi connectivity index (χ0) is 36.8. The van der Waals surface area contributed by atoms with Crippen LogP contribution < -0.4 is 14.4 Å². The number of nitro benzene ring substituents is 1. The average Bonchev–Trinajstić information content (AvgIpc) is 3.05. The SMILES string of the molecule is COc1ccc(Cl)cc1N(CC(=O)N(Cc1ccc(Br)cc1)[C@H](Cc1ccccc1)C(=O)NC(C)(C)C)S(=O)(=O)c1ccc(C)c([N+](=O)[O-])c1. The monoisotopic (exact) mass is 784 g/mol. The molecule has 0 saturated carbocycles. The maximum atomic E-state index is 14.7. The Hall–Kier alpha value is -4.46. The molecule has 1 N–H and O–H groups in total. The molecular formula is C36H38BrClN4O7S. The van der Waals surface area contributed by atoms with E-state index in [2.05, 4.69) is 21.2 Å². The molecule has 4 aromatic rings. The van der Waals surface area contributed by atoms with Crippen molar-refractivity contribution >= 4 is 60.7 Å². The third-order valence-electron chi connectivity index (χ3n) is 7.69. The molecule has 0 aliphatic rings. The number of halogens is 2. The first kappa shape index (κ1) is 38.3. The van der Waals surface area contributed by atoms with E-state index in [0.717, 1.165) is 20.4 Å². The predicted octanol–water partition coefficient (Wildman–Crippen LogP) is 7.08. The van der Waals surface area contributed by atoms with Gasteiger partial charge in [0.25, 0.3) is 15.7 Å². The molecule has 0 unspecified atom stereocenters. The Kier molecular flexibility index (Phi) is 12.3. The second-order valence-electron chi connectivity index (χ2n) is 12.6. The van der Waals surface area contributed by atoms with Crippen molar-refractivity contribution in [2.75, 3.05) is 18.0 Å². The van der Waals surface area contributed by atoms with E-state index in [1.54, 1.807) is 24.3 Å². The van der Waals surface area contributed by atoms with Crippen LogP contribution in [0.2, 0.25) is 5.02 Å². The molecule has 0 aliphatic carbocycles. The normalized spacial score (nSPS) is 12.1. The van der Waals surface area contributed by atoms with Gasteiger partial charge < -0.3 is 15.0 Å². The molecule has 0 radical (unpaired) electrons. The van der Waals surface area contributed by atoms with E-state index in [0.29, 0.717) is 5.56 Å². The van der Waals surface area contributed by atoms with Crippen molar-refractivity contribution in [3.8, 4) is 5.75 Å². The zero-order valence-corrected chi connectivity index (χ0v) is 31.4. The number of amides is 2. The van der Waals surface area contributed by atoms with Crippen LogP contribution in [0.5, 0.6) is 5.75 Å². The van der Waals surface area contributed by atoms with Gasteiger partial charge in [-0.3, -0.25) is 24.0 Å². The van der Waals surface area contributed by atoms with Crippen LogP contribution in [0.4, 0.5) is 11.4 Å². The second-order valence-corrected chi connectivity index (χ2v) is 15.8. The third kappa shape index (κ3) is 9.61. The Morgan fingerprint density at radius 1 is 0.980 bits per heavy atom. The van der Waals surface area contributed by atoms with Crippen molar-refractivity contribution in [2.24, 2.45) is 0 Å². The predicted molar refractivity (Wildman–Crippen MR) is 197 cm³/mol. The molecule has 11 nitrogen and oxygen atoms in total. The van der Waals surface area contributed by atoms with Crippen LogP contribution in [0.15, 0.2) is 100 Å². The summed E-state index contributed by atoms with van der Waals surface area (Å²) >= 11 is 9.77. The Morgan fingerprint density at radius 3 is 2.24 bits per heavy atom. The number of hydrogen-bond donors (Lipinski definition) is 1. The van der Waals surface area contributed by atoms with E-state index in [1.165, 1.54) is 49.3 Å². The number of benzene rings is 4. The lowest BCUT2D eigenvalue weighted by Gasteiger charge is -2.35. The average molecular weight is 786 g/mol. The maximum Gasteiger partial charge on any atom is 0.273 e. The number of anilines is 1. The van der Waals surface area contributed by atoms with Crippen LogP contribution in [0.3, 0.4) is 0 Å². The number of sulfonamides is 1. The smallest absolute Gasteiger partial charge is 0.273 e. The van der Waals surface area contributed by atoms with Gasteiger partial charge in [-0.05, 0) is 75.2 Å². The molecular weight excluding hydrogens is 748 g/mol. The van der Waals surface area contributed by atoms with Crippen LogP contribution in [-0.2, 0) is 32.6 Å². The van der Waals surface area contributed by atoms with Gasteiger partial charge in [0.15, 0.2) is 0 Å². The minimum absolute atomic E-state index is 0.0439. The summed E-state index contributed by atoms with van der Waals surface area (Å²) in [6, 6.07) is 23.1. The largest absolute Gasteiger partial charge is 0.495 e. The molecule has 0 aromatic heterocycles. The molecule has 2 amide bonds. The highest BCUT2D eigenvalue weighted by molar-refractivity contribution is 9.10. The molecule has 50 heavy (non-hydrogen) atoms. The van der Waals surface area contributed by atoms with Crippen molar-refractivity contribution < 1.29 is 27.7 Å². The number of nitro groups is 1. The Balaban J connectivity index is 1.90. The lowest BCUT2D eigenvalue weighted by molar-refractivity contribution is -0.385. The Labute approximate surface area is 305 Å². The van der Waals surface area contributed by atoms with Crippen LogP contribution in [-0.4, -0.2) is 55.3 Å². The topological polar surface area (TPSA) is 139 Å². The minimum Gasteiger partial charge on any atom is -0.495 e. The number of methoxy groups -OCH3 is 1. The number of ether oxygens (including phenoxy) is 1. The summed E-state index contributed by atoms with van der Waals surface area (Å²) in [5, 5.41) is 14.9. The standard InChI is InChI=1S/C36H38BrClN4O7S/c1-24-11-17-29(21-30(24)42(45)46)50(47,48)41(31-20-28(38)16-18-33(31)49-5)23-34(43)40(22-26-12-14-27(37)15-13-26)32(35(44)39-36(2,3)4)19-25-9-7-6-8-10-25/h6-18,20-21,32H,19,22-23H2,1-5H3,(H,39,44)/t32-/m1/s1. The molecule has 0 heterocycles. The molecule has 4 rings (SSSR count). The van der Waals surface area contributed by atoms with E-state index in [-0.39, 0.29) is 35.0 Å². The highest BCUT2D eigenvalue weighted by atomic mass is 79.9. The minimum atomic E-state index is -4.68. The van der Waals surface area contributed by atoms with Crippen LogP contribution in [0.25, 0.3) is 0 Å². The molecule has 4 aromatic carbocycles. The van der Waals surface area contributed by atoms with E-state index in [1.807, 2.05) is 51.1 Å². The molecule has 0 aliphatic heterocycles. The zero-order valence-electron chi connectivity index (χ0n) is 28.2. The van der Waals surface area contributed by atoms with Gasteiger partial charge in [-0.1, -0.05) is 76.1 Å². The highest BCUT2D eigenvalue weighted by Gasteiger charge is 2.37. The lowest BCUT2D eigenvalue weighted by atomic mass is 10.0. The van der Waals surface area contributed by atoms with Crippen LogP contribution in [0, 0.1) is 17.0 Å². The molecule has 0 saturated heterocycles. The van der Waals surface area contributed by atoms with Crippen molar-refractivity contribution in [3.05, 3.63) is 127 Å². The van der Waals surface area contributed by atoms with Crippen molar-refractivity contribution in [1.29, 1.82) is 0 Å². The second kappa shape index (κ2) is 16.0. The van der Waals surface area contributed by atoms with Gasteiger partial charge in [-0.15, -0.1) is 0 Å². The van der Waals surface area contributed by atoms with E-state index in [9.17, 15) is 28.1 Å². The summed E-state index contributed by atoms with van der Waals surface area (Å²) in [6.07, 6.45) is 0.127. The first-order chi connectivity index (χ1) is 23.5. The third-order valence-corrected chi connectivity index (χ3v) is 10.2. The summed E-state index contributed by atoms with van der Waals surface area (Å²) in [7, 11) is -3.34. The molecule has 14 heteroatoms. The number of aryl methyl sites for hydroxylation is 1. The number of rotatable bonds is 13. The van der Waals surface area contributed by atoms with Crippen LogP contribution in [0.1, 0.15) is 37.5 Å². The van der Waals surface area contributed by atoms with E-state index >= 15 is 0 Å². The van der Waals surface area contributed by atoms with E-state index in [4.69, 9.17) is 16.3 Å². The van der Waals surface area contributed by atoms with Gasteiger partial charge in [0.2, 0.25) is 11.8 Å². The Bertz CT molecular complexity index is 1970. The van der Waals surface area contributed by atoms with Gasteiger partial charge in [-0.2, -0.15) is 0 Å². The molecule has 0 fully saturated rings. The first-order valence-electron chi connectivity index (χ1n) is 15.5. The quantitative estimate of drug-likeness (QED) is 0.113. The molecule has 0 bridgehead atoms. The van der Waals surface area contributed by atoms with Gasteiger partial charge in [-0.25, -0.2) is 8.42 Å². The van der Waals surface area contributed by atoms with Crippen LogP contribution >= 0.6 is 27.5 Å². The van der Waals surface area contributed by atoms with Crippen molar-refractivity contribution in [3.63, 3.8) is 0 Å². The number of nitrogens with zero attached hydrogens (tertiary/aromatic N) is 3. The molecule has 264 valence electrons. The number of nitrogens with one attached hydrogen (secondary N) is 1. The van der Waals surface area contributed by atoms with E-state index < -0.39 is 55.5 Å². The summed E-state index contributed by atoms with van der Waals surface area (Å²) < 4.78 is 36.1. The number of hydrogen-bond acceptors (Lipinski definition) is 7. The van der Waals surface area contributed by atoms with Gasteiger partial charge >= 0.3 is 0 Å². The van der Waals surface area contributed by atoms with Gasteiger partial charge in [0, 0.05) is 39.6 Å². The van der Waals surface area contributed by atoms with Crippen molar-refractivity contribution in [2.45, 2.75) is 57.1 Å². The number of carbonyl (C=O) groups excluding carboxylic acids is 2. The fraction of sp³-hybridized carbons (Fsp3) is 0.278. The van der Waals surface area contributed by atoms with Crippen molar-refractivity contribution in [1.82, 2.24) is 10.2 Å². The molecule has 0 spiro atoms. The summed E-state index contributed by atoms with van der Waals surface area (Å²) in [4.78, 5) is 40.9. The fourth-order valence-corrected chi connectivity index (χ4v) is 7.11. The van der Waals surface area contributed by atoms with Gasteiger partial charge in [0.05, 0.1) is 22.6 Å². The maximum absolute atomic E-state index is 14.7. The highest BCUT2D eigenvalue weighted by Crippen LogP contribution is 2.36. The summed E-state index contributed by atoms with van der Waals surface area (Å²) in [5.74, 6) is -1.07. The summed E-state index contributed by atoms with van der Waals surface area (Å²) in [6.45, 7) is 6.12. The summed E-state index contributed by atoms with van der Waals surface area (Å²) in [5.41, 5.74) is 0.594. The first-order valence-corrected chi connectivity index (χ1v) is 18.1. The lowest BCUT2D eigenvalue weighted by Crippen LogP contribution is -2.56.